The molecule has 1 rings (SSSR count). The number of carbonyl (C=O) groups excluding carboxylic acids is 4. The van der Waals surface area contributed by atoms with Crippen LogP contribution in [-0.4, -0.2) is 82.1 Å². The fourth-order valence-electron chi connectivity index (χ4n) is 3.21. The normalized spacial score (nSPS) is 15.0. The molecule has 0 bridgehead atoms. The summed E-state index contributed by atoms with van der Waals surface area (Å²) in [5.41, 5.74) is 12.0. The predicted molar refractivity (Wildman–Crippen MR) is 135 cm³/mol. The Hall–Kier alpha value is -3.16. The van der Waals surface area contributed by atoms with Gasteiger partial charge >= 0.3 is 5.97 Å². The van der Waals surface area contributed by atoms with Crippen molar-refractivity contribution >= 4 is 41.4 Å². The fourth-order valence-corrected chi connectivity index (χ4v) is 3.69. The van der Waals surface area contributed by atoms with Crippen molar-refractivity contribution in [2.45, 2.75) is 62.9 Å². The van der Waals surface area contributed by atoms with Crippen molar-refractivity contribution < 1.29 is 34.2 Å². The maximum Gasteiger partial charge on any atom is 0.328 e. The van der Waals surface area contributed by atoms with Crippen molar-refractivity contribution in [3.63, 3.8) is 0 Å². The average Bonchev–Trinajstić information content (AvgIpc) is 2.82. The van der Waals surface area contributed by atoms with Gasteiger partial charge in [-0.05, 0) is 43.8 Å². The summed E-state index contributed by atoms with van der Waals surface area (Å²) in [7, 11) is 0. The van der Waals surface area contributed by atoms with E-state index in [9.17, 15) is 34.2 Å². The van der Waals surface area contributed by atoms with Crippen LogP contribution in [0.25, 0.3) is 0 Å². The average molecular weight is 526 g/mol. The Morgan fingerprint density at radius 3 is 2.03 bits per heavy atom. The lowest BCUT2D eigenvalue weighted by Crippen LogP contribution is -2.58. The molecule has 0 spiro atoms. The summed E-state index contributed by atoms with van der Waals surface area (Å²) in [4.78, 5) is 61.1. The highest BCUT2D eigenvalue weighted by Gasteiger charge is 2.32. The zero-order chi connectivity index (χ0) is 27.3. The smallest absolute Gasteiger partial charge is 0.328 e. The van der Waals surface area contributed by atoms with Crippen LogP contribution >= 0.6 is 11.8 Å². The first-order chi connectivity index (χ1) is 17.0. The first-order valence-electron chi connectivity index (χ1n) is 11.3. The quantitative estimate of drug-likeness (QED) is 0.133. The number of carboxylic acids is 1. The molecule has 36 heavy (non-hydrogen) atoms. The number of aliphatic hydroxyl groups excluding tert-OH is 1. The highest BCUT2D eigenvalue weighted by atomic mass is 32.2. The van der Waals surface area contributed by atoms with Gasteiger partial charge in [-0.25, -0.2) is 4.79 Å². The summed E-state index contributed by atoms with van der Waals surface area (Å²) >= 11 is 1.44. The summed E-state index contributed by atoms with van der Waals surface area (Å²) in [6.45, 7) is 1.18. The van der Waals surface area contributed by atoms with Crippen LogP contribution in [0.15, 0.2) is 30.3 Å². The van der Waals surface area contributed by atoms with E-state index in [-0.39, 0.29) is 25.7 Å². The number of rotatable bonds is 16. The van der Waals surface area contributed by atoms with Crippen LogP contribution in [0.5, 0.6) is 0 Å². The lowest BCUT2D eigenvalue weighted by molar-refractivity contribution is -0.145. The molecular weight excluding hydrogens is 490 g/mol. The molecule has 1 aromatic carbocycles. The lowest BCUT2D eigenvalue weighted by Gasteiger charge is -2.25. The number of thioether (sulfide) groups is 1. The van der Waals surface area contributed by atoms with E-state index in [0.717, 1.165) is 5.56 Å². The zero-order valence-corrected chi connectivity index (χ0v) is 21.1. The Morgan fingerprint density at radius 1 is 0.944 bits per heavy atom. The third-order valence-electron chi connectivity index (χ3n) is 5.24. The van der Waals surface area contributed by atoms with Crippen molar-refractivity contribution in [2.75, 3.05) is 12.0 Å². The van der Waals surface area contributed by atoms with E-state index in [1.165, 1.54) is 18.7 Å². The van der Waals surface area contributed by atoms with Crippen LogP contribution < -0.4 is 27.4 Å². The number of benzene rings is 1. The Labute approximate surface area is 213 Å². The molecule has 0 aliphatic rings. The van der Waals surface area contributed by atoms with Gasteiger partial charge in [-0.3, -0.25) is 19.2 Å². The minimum atomic E-state index is -1.63. The second-order valence-corrected chi connectivity index (χ2v) is 9.26. The molecular formula is C23H35N5O7S. The summed E-state index contributed by atoms with van der Waals surface area (Å²) in [6.07, 6.45) is 0.404. The molecule has 5 unspecified atom stereocenters. The molecule has 0 saturated carbocycles. The topological polar surface area (TPSA) is 214 Å². The van der Waals surface area contributed by atoms with Crippen molar-refractivity contribution in [3.8, 4) is 0 Å². The maximum absolute atomic E-state index is 13.0. The second kappa shape index (κ2) is 15.8. The van der Waals surface area contributed by atoms with Crippen LogP contribution in [-0.2, 0) is 30.4 Å². The first-order valence-corrected chi connectivity index (χ1v) is 12.7. The fraction of sp³-hybridized carbons (Fsp3) is 0.522. The molecule has 200 valence electrons. The van der Waals surface area contributed by atoms with Gasteiger partial charge in [-0.1, -0.05) is 30.3 Å². The number of nitrogens with one attached hydrogen (secondary N) is 3. The van der Waals surface area contributed by atoms with E-state index in [4.69, 9.17) is 11.5 Å². The summed E-state index contributed by atoms with van der Waals surface area (Å²) in [5, 5.41) is 26.1. The molecule has 0 saturated heterocycles. The van der Waals surface area contributed by atoms with E-state index >= 15 is 0 Å². The predicted octanol–water partition coefficient (Wildman–Crippen LogP) is -1.51. The molecule has 12 nitrogen and oxygen atoms in total. The van der Waals surface area contributed by atoms with Gasteiger partial charge in [0.1, 0.15) is 12.1 Å². The van der Waals surface area contributed by atoms with Gasteiger partial charge in [-0.2, -0.15) is 11.8 Å². The van der Waals surface area contributed by atoms with Gasteiger partial charge in [-0.15, -0.1) is 0 Å². The summed E-state index contributed by atoms with van der Waals surface area (Å²) in [6, 6.07) is 4.19. The minimum Gasteiger partial charge on any atom is -0.480 e. The van der Waals surface area contributed by atoms with Crippen LogP contribution in [0.4, 0.5) is 0 Å². The molecule has 13 heteroatoms. The van der Waals surface area contributed by atoms with E-state index in [1.54, 1.807) is 0 Å². The largest absolute Gasteiger partial charge is 0.480 e. The molecule has 0 aliphatic carbocycles. The van der Waals surface area contributed by atoms with Gasteiger partial charge in [0.15, 0.2) is 6.04 Å². The van der Waals surface area contributed by atoms with Gasteiger partial charge < -0.3 is 37.6 Å². The minimum absolute atomic E-state index is 0.213. The highest BCUT2D eigenvalue weighted by Crippen LogP contribution is 2.07. The number of hydrogen-bond acceptors (Lipinski definition) is 8. The molecule has 9 N–H and O–H groups in total. The number of amides is 4. The van der Waals surface area contributed by atoms with Crippen LogP contribution in [0, 0.1) is 0 Å². The molecule has 4 amide bonds. The van der Waals surface area contributed by atoms with Gasteiger partial charge in [0.05, 0.1) is 12.1 Å². The van der Waals surface area contributed by atoms with Crippen LogP contribution in [0.1, 0.15) is 31.7 Å². The van der Waals surface area contributed by atoms with Crippen molar-refractivity contribution in [2.24, 2.45) is 11.5 Å². The van der Waals surface area contributed by atoms with E-state index in [2.05, 4.69) is 16.0 Å². The standard InChI is InChI=1S/C23H35N5O7S/c1-13(29)19(23(34)35)28-22(33)16(8-9-18(25)30)27-21(32)17(10-11-36-2)26-20(31)15(24)12-14-6-4-3-5-7-14/h3-7,13,15-17,19,29H,8-12,24H2,1-2H3,(H2,25,30)(H,26,31)(H,27,32)(H,28,33)(H,34,35). The summed E-state index contributed by atoms with van der Waals surface area (Å²) < 4.78 is 0. The maximum atomic E-state index is 13.0. The van der Waals surface area contributed by atoms with Gasteiger partial charge in [0.2, 0.25) is 23.6 Å². The van der Waals surface area contributed by atoms with Gasteiger partial charge in [0.25, 0.3) is 0 Å². The number of carbonyl (C=O) groups is 5. The number of aliphatic carboxylic acids is 1. The summed E-state index contributed by atoms with van der Waals surface area (Å²) in [5.74, 6) is -3.89. The Kier molecular flexibility index (Phi) is 13.5. The third kappa shape index (κ3) is 11.1. The van der Waals surface area contributed by atoms with Gasteiger partial charge in [0, 0.05) is 6.42 Å². The van der Waals surface area contributed by atoms with Crippen molar-refractivity contribution in [1.29, 1.82) is 0 Å². The van der Waals surface area contributed by atoms with Crippen molar-refractivity contribution in [3.05, 3.63) is 35.9 Å². The highest BCUT2D eigenvalue weighted by molar-refractivity contribution is 7.98. The number of hydrogen-bond donors (Lipinski definition) is 7. The number of aliphatic hydroxyl groups is 1. The third-order valence-corrected chi connectivity index (χ3v) is 5.88. The molecule has 0 fully saturated rings. The Morgan fingerprint density at radius 2 is 1.50 bits per heavy atom. The molecule has 5 atom stereocenters. The number of nitrogens with two attached hydrogens (primary N) is 2. The van der Waals surface area contributed by atoms with Crippen molar-refractivity contribution in [1.82, 2.24) is 16.0 Å². The second-order valence-electron chi connectivity index (χ2n) is 8.27. The van der Waals surface area contributed by atoms with E-state index in [1.807, 2.05) is 36.6 Å². The first kappa shape index (κ1) is 30.9. The zero-order valence-electron chi connectivity index (χ0n) is 20.3. The SMILES string of the molecule is CSCCC(NC(=O)C(N)Cc1ccccc1)C(=O)NC(CCC(N)=O)C(=O)NC(C(=O)O)C(C)O. The van der Waals surface area contributed by atoms with E-state index in [0.29, 0.717) is 5.75 Å². The number of carboxylic acid groups (broad SMARTS) is 1. The Bertz CT molecular complexity index is 900. The van der Waals surface area contributed by atoms with Crippen LogP contribution in [0.3, 0.4) is 0 Å². The molecule has 1 aromatic rings. The monoisotopic (exact) mass is 525 g/mol. The molecule has 0 heterocycles. The Balaban J connectivity index is 2.96. The van der Waals surface area contributed by atoms with Crippen LogP contribution in [0.2, 0.25) is 0 Å². The molecule has 0 aliphatic heterocycles. The molecule has 0 aromatic heterocycles. The number of primary amides is 1. The van der Waals surface area contributed by atoms with E-state index < -0.39 is 59.9 Å². The lowest BCUT2D eigenvalue weighted by atomic mass is 10.0. The molecule has 0 radical (unpaired) electrons.